The molecule has 8 nitrogen and oxygen atoms in total. The highest BCUT2D eigenvalue weighted by atomic mass is 16.5. The molecule has 0 radical (unpaired) electrons. The minimum Gasteiger partial charge on any atom is -0.467 e. The van der Waals surface area contributed by atoms with Gasteiger partial charge in [0.15, 0.2) is 6.04 Å². The number of amides is 1. The predicted molar refractivity (Wildman–Crippen MR) is 85.6 cm³/mol. The molecule has 1 aromatic carbocycles. The second-order valence-electron chi connectivity index (χ2n) is 4.93. The fourth-order valence-electron chi connectivity index (χ4n) is 1.94. The van der Waals surface area contributed by atoms with Gasteiger partial charge in [-0.1, -0.05) is 35.5 Å². The second kappa shape index (κ2) is 8.59. The molecule has 8 heteroatoms. The topological polar surface area (TPSA) is 106 Å². The summed E-state index contributed by atoms with van der Waals surface area (Å²) in [6, 6.07) is 8.68. The molecule has 0 aliphatic heterocycles. The van der Waals surface area contributed by atoms with Crippen LogP contribution in [0.4, 0.5) is 0 Å². The number of carbonyl (C=O) groups is 2. The van der Waals surface area contributed by atoms with E-state index in [0.717, 1.165) is 5.56 Å². The van der Waals surface area contributed by atoms with Gasteiger partial charge in [0.25, 0.3) is 0 Å². The molecule has 126 valence electrons. The van der Waals surface area contributed by atoms with Crippen LogP contribution in [0.5, 0.6) is 0 Å². The number of aliphatic hydroxyl groups excluding tert-OH is 1. The first-order valence-corrected chi connectivity index (χ1v) is 7.23. The van der Waals surface area contributed by atoms with Gasteiger partial charge in [0.1, 0.15) is 5.69 Å². The van der Waals surface area contributed by atoms with Gasteiger partial charge in [-0.3, -0.25) is 4.79 Å². The Hall–Kier alpha value is -3.00. The Balaban J connectivity index is 1.92. The molecule has 0 spiro atoms. The van der Waals surface area contributed by atoms with E-state index < -0.39 is 24.5 Å². The highest BCUT2D eigenvalue weighted by Gasteiger charge is 2.19. The van der Waals surface area contributed by atoms with Crippen LogP contribution in [0.2, 0.25) is 0 Å². The van der Waals surface area contributed by atoms with Crippen molar-refractivity contribution in [3.8, 4) is 0 Å². The molecule has 0 unspecified atom stereocenters. The Bertz CT molecular complexity index is 712. The normalized spacial score (nSPS) is 12.1. The first-order valence-electron chi connectivity index (χ1n) is 7.23. The number of carbonyl (C=O) groups excluding carboxylic acids is 2. The van der Waals surface area contributed by atoms with E-state index >= 15 is 0 Å². The lowest BCUT2D eigenvalue weighted by Crippen LogP contribution is -2.43. The minimum atomic E-state index is -1.10. The van der Waals surface area contributed by atoms with Crippen LogP contribution in [-0.4, -0.2) is 51.7 Å². The Morgan fingerprint density at radius 1 is 1.38 bits per heavy atom. The largest absolute Gasteiger partial charge is 0.467 e. The van der Waals surface area contributed by atoms with Crippen molar-refractivity contribution in [1.82, 2.24) is 20.3 Å². The maximum Gasteiger partial charge on any atom is 0.330 e. The van der Waals surface area contributed by atoms with E-state index in [-0.39, 0.29) is 0 Å². The number of nitrogens with zero attached hydrogens (tertiary/aromatic N) is 3. The van der Waals surface area contributed by atoms with Crippen molar-refractivity contribution in [1.29, 1.82) is 0 Å². The lowest BCUT2D eigenvalue weighted by Gasteiger charge is -2.11. The van der Waals surface area contributed by atoms with Gasteiger partial charge in [-0.25, -0.2) is 9.48 Å². The molecule has 2 rings (SSSR count). The SMILES string of the molecule is COC(=O)[C@H](CO)NC(=O)/C=C/c1cn(Cc2ccccc2)nn1. The van der Waals surface area contributed by atoms with Crippen LogP contribution in [0, 0.1) is 0 Å². The molecule has 1 aromatic heterocycles. The number of hydrogen-bond acceptors (Lipinski definition) is 6. The Morgan fingerprint density at radius 2 is 2.12 bits per heavy atom. The molecule has 0 aliphatic carbocycles. The molecule has 1 atom stereocenters. The summed E-state index contributed by atoms with van der Waals surface area (Å²) in [7, 11) is 1.18. The summed E-state index contributed by atoms with van der Waals surface area (Å²) in [5, 5.41) is 19.3. The average Bonchev–Trinajstić information content (AvgIpc) is 3.05. The van der Waals surface area contributed by atoms with Gasteiger partial charge in [0.05, 0.1) is 26.5 Å². The van der Waals surface area contributed by atoms with Crippen molar-refractivity contribution < 1.29 is 19.4 Å². The highest BCUT2D eigenvalue weighted by molar-refractivity contribution is 5.94. The first-order chi connectivity index (χ1) is 11.6. The van der Waals surface area contributed by atoms with E-state index in [1.165, 1.54) is 19.3 Å². The number of esters is 1. The number of benzene rings is 1. The minimum absolute atomic E-state index is 0.500. The molecule has 0 fully saturated rings. The summed E-state index contributed by atoms with van der Waals surface area (Å²) in [6.45, 7) is 0.0301. The van der Waals surface area contributed by atoms with Crippen LogP contribution in [0.3, 0.4) is 0 Å². The molecule has 1 heterocycles. The Labute approximate surface area is 138 Å². The fourth-order valence-corrected chi connectivity index (χ4v) is 1.94. The third-order valence-electron chi connectivity index (χ3n) is 3.13. The van der Waals surface area contributed by atoms with Gasteiger partial charge in [-0.05, 0) is 11.6 Å². The van der Waals surface area contributed by atoms with Crippen molar-refractivity contribution in [2.45, 2.75) is 12.6 Å². The van der Waals surface area contributed by atoms with Crippen molar-refractivity contribution in [3.05, 3.63) is 53.9 Å². The van der Waals surface area contributed by atoms with Crippen molar-refractivity contribution >= 4 is 18.0 Å². The van der Waals surface area contributed by atoms with Crippen LogP contribution >= 0.6 is 0 Å². The summed E-state index contributed by atoms with van der Waals surface area (Å²) in [5.41, 5.74) is 1.58. The first kappa shape index (κ1) is 17.4. The quantitative estimate of drug-likeness (QED) is 0.546. The van der Waals surface area contributed by atoms with E-state index in [1.54, 1.807) is 10.9 Å². The van der Waals surface area contributed by atoms with Gasteiger partial charge in [0.2, 0.25) is 5.91 Å². The molecule has 24 heavy (non-hydrogen) atoms. The summed E-state index contributed by atoms with van der Waals surface area (Å²) in [5.74, 6) is -1.26. The Kier molecular flexibility index (Phi) is 6.21. The van der Waals surface area contributed by atoms with Gasteiger partial charge in [0, 0.05) is 6.08 Å². The van der Waals surface area contributed by atoms with Gasteiger partial charge < -0.3 is 15.2 Å². The maximum absolute atomic E-state index is 11.7. The zero-order valence-electron chi connectivity index (χ0n) is 13.1. The highest BCUT2D eigenvalue weighted by Crippen LogP contribution is 2.03. The van der Waals surface area contributed by atoms with E-state index in [9.17, 15) is 9.59 Å². The lowest BCUT2D eigenvalue weighted by molar-refractivity contribution is -0.145. The van der Waals surface area contributed by atoms with Gasteiger partial charge in [-0.15, -0.1) is 5.10 Å². The molecule has 2 N–H and O–H groups in total. The van der Waals surface area contributed by atoms with E-state index in [4.69, 9.17) is 5.11 Å². The number of hydrogen-bond donors (Lipinski definition) is 2. The summed E-state index contributed by atoms with van der Waals surface area (Å²) >= 11 is 0. The zero-order valence-corrected chi connectivity index (χ0v) is 13.1. The van der Waals surface area contributed by atoms with Crippen molar-refractivity contribution in [3.63, 3.8) is 0 Å². The maximum atomic E-state index is 11.7. The van der Waals surface area contributed by atoms with Crippen LogP contribution in [0.1, 0.15) is 11.3 Å². The number of aromatic nitrogens is 3. The zero-order chi connectivity index (χ0) is 17.4. The third kappa shape index (κ3) is 5.03. The summed E-state index contributed by atoms with van der Waals surface area (Å²) in [4.78, 5) is 23.0. The Morgan fingerprint density at radius 3 is 2.79 bits per heavy atom. The average molecular weight is 330 g/mol. The van der Waals surface area contributed by atoms with Gasteiger partial charge >= 0.3 is 5.97 Å². The number of ether oxygens (including phenoxy) is 1. The van der Waals surface area contributed by atoms with Crippen molar-refractivity contribution in [2.24, 2.45) is 0 Å². The van der Waals surface area contributed by atoms with E-state index in [2.05, 4.69) is 20.4 Å². The number of methoxy groups -OCH3 is 1. The van der Waals surface area contributed by atoms with E-state index in [0.29, 0.717) is 12.2 Å². The molecular formula is C16H18N4O4. The van der Waals surface area contributed by atoms with E-state index in [1.807, 2.05) is 30.3 Å². The van der Waals surface area contributed by atoms with Crippen LogP contribution in [0.25, 0.3) is 6.08 Å². The van der Waals surface area contributed by atoms with Crippen LogP contribution in [-0.2, 0) is 20.9 Å². The summed E-state index contributed by atoms with van der Waals surface area (Å²) < 4.78 is 6.11. The molecule has 0 bridgehead atoms. The molecule has 0 saturated carbocycles. The monoisotopic (exact) mass is 330 g/mol. The lowest BCUT2D eigenvalue weighted by atomic mass is 10.2. The van der Waals surface area contributed by atoms with Crippen molar-refractivity contribution in [2.75, 3.05) is 13.7 Å². The molecule has 0 saturated heterocycles. The van der Waals surface area contributed by atoms with Crippen LogP contribution < -0.4 is 5.32 Å². The van der Waals surface area contributed by atoms with Crippen LogP contribution in [0.15, 0.2) is 42.6 Å². The fraction of sp³-hybridized carbons (Fsp3) is 0.250. The number of aliphatic hydroxyl groups is 1. The number of rotatable bonds is 7. The predicted octanol–water partition coefficient (Wildman–Crippen LogP) is -0.0103. The molecule has 1 amide bonds. The molecular weight excluding hydrogens is 312 g/mol. The third-order valence-corrected chi connectivity index (χ3v) is 3.13. The molecule has 2 aromatic rings. The summed E-state index contributed by atoms with van der Waals surface area (Å²) in [6.07, 6.45) is 4.37. The second-order valence-corrected chi connectivity index (χ2v) is 4.93. The van der Waals surface area contributed by atoms with Gasteiger partial charge in [-0.2, -0.15) is 0 Å². The molecule has 0 aliphatic rings. The smallest absolute Gasteiger partial charge is 0.330 e. The standard InChI is InChI=1S/C16H18N4O4/c1-24-16(23)14(11-21)17-15(22)8-7-13-10-20(19-18-13)9-12-5-3-2-4-6-12/h2-8,10,14,21H,9,11H2,1H3,(H,17,22)/b8-7+/t14-/m0/s1. The number of nitrogens with one attached hydrogen (secondary N) is 1.